The molecule has 0 radical (unpaired) electrons. The number of hydrogen-bond acceptors (Lipinski definition) is 4. The zero-order chi connectivity index (χ0) is 26.0. The van der Waals surface area contributed by atoms with Gasteiger partial charge in [0.1, 0.15) is 5.75 Å². The van der Waals surface area contributed by atoms with Crippen LogP contribution >= 0.6 is 13.5 Å². The summed E-state index contributed by atoms with van der Waals surface area (Å²) < 4.78 is 5.52. The average Bonchev–Trinajstić information content (AvgIpc) is 2.90. The van der Waals surface area contributed by atoms with E-state index >= 15 is 0 Å². The first-order valence-corrected chi connectivity index (χ1v) is 14.0. The molecule has 0 fully saturated rings. The summed E-state index contributed by atoms with van der Waals surface area (Å²) in [5.74, 6) is 0.872. The molecule has 5 heteroatoms. The zero-order valence-corrected chi connectivity index (χ0v) is 24.5. The number of nitrogens with zero attached hydrogens (tertiary/aromatic N) is 2. The third-order valence-electron chi connectivity index (χ3n) is 6.46. The summed E-state index contributed by atoms with van der Waals surface area (Å²) in [6.45, 7) is 8.32. The van der Waals surface area contributed by atoms with Gasteiger partial charge in [0.05, 0.1) is 0 Å². The molecule has 1 aromatic carbocycles. The number of rotatable bonds is 17. The number of aryl methyl sites for hydroxylation is 1. The normalized spacial score (nSPS) is 11.8. The minimum Gasteiger partial charge on any atom is -0.423 e. The van der Waals surface area contributed by atoms with Gasteiger partial charge in [-0.1, -0.05) is 89.4 Å². The molecule has 0 aliphatic carbocycles. The maximum Gasteiger partial charge on any atom is 0.339 e. The largest absolute Gasteiger partial charge is 0.423 e. The molecule has 0 aliphatic heterocycles. The Balaban J connectivity index is 0.00000684. The van der Waals surface area contributed by atoms with E-state index in [4.69, 9.17) is 4.74 Å². The Bertz CT molecular complexity index is 950. The lowest BCUT2D eigenvalue weighted by Gasteiger charge is -2.06. The Morgan fingerprint density at radius 3 is 1.95 bits per heavy atom. The van der Waals surface area contributed by atoms with Crippen LogP contribution in [0.2, 0.25) is 0 Å². The van der Waals surface area contributed by atoms with Crippen molar-refractivity contribution >= 4 is 19.5 Å². The molecular formula is C32H48N2O2S. The second kappa shape index (κ2) is 19.7. The van der Waals surface area contributed by atoms with Gasteiger partial charge in [0.2, 0.25) is 0 Å². The van der Waals surface area contributed by atoms with Gasteiger partial charge >= 0.3 is 5.97 Å². The molecule has 2 rings (SSSR count). The molecule has 0 spiro atoms. The first-order valence-electron chi connectivity index (χ1n) is 14.0. The standard InChI is InChI=1S/C32H46N2O2.H2S/c1-5-7-9-10-11-12-13-14-15-17-28-24-33-31(34-25-28)29-20-22-30(23-21-29)36-32(35)27(4)19-18-26(3)16-8-6-2;/h18-25H,5-17H2,1-4H3;1H2/b26-18+,27-19+;. The Kier molecular flexibility index (Phi) is 17.4. The number of hydrogen-bond donors (Lipinski definition) is 0. The van der Waals surface area contributed by atoms with Crippen LogP contribution in [0.5, 0.6) is 5.75 Å². The summed E-state index contributed by atoms with van der Waals surface area (Å²) in [6.07, 6.45) is 24.1. The third-order valence-corrected chi connectivity index (χ3v) is 6.46. The minimum atomic E-state index is -0.334. The fourth-order valence-corrected chi connectivity index (χ4v) is 4.01. The smallest absolute Gasteiger partial charge is 0.339 e. The summed E-state index contributed by atoms with van der Waals surface area (Å²) in [4.78, 5) is 21.5. The van der Waals surface area contributed by atoms with Gasteiger partial charge < -0.3 is 4.74 Å². The molecular weight excluding hydrogens is 476 g/mol. The van der Waals surface area contributed by atoms with Crippen molar-refractivity contribution in [1.82, 2.24) is 9.97 Å². The van der Waals surface area contributed by atoms with Crippen LogP contribution < -0.4 is 4.74 Å². The van der Waals surface area contributed by atoms with Crippen molar-refractivity contribution in [2.75, 3.05) is 0 Å². The second-order valence-corrected chi connectivity index (χ2v) is 9.87. The molecule has 0 amide bonds. The predicted octanol–water partition coefficient (Wildman–Crippen LogP) is 9.32. The summed E-state index contributed by atoms with van der Waals surface area (Å²) in [5, 5.41) is 0. The number of allylic oxidation sites excluding steroid dienone is 3. The fourth-order valence-electron chi connectivity index (χ4n) is 4.01. The van der Waals surface area contributed by atoms with Crippen LogP contribution in [0.3, 0.4) is 0 Å². The Morgan fingerprint density at radius 2 is 1.35 bits per heavy atom. The highest BCUT2D eigenvalue weighted by molar-refractivity contribution is 7.59. The van der Waals surface area contributed by atoms with Crippen LogP contribution in [0.25, 0.3) is 11.4 Å². The molecule has 0 unspecified atom stereocenters. The highest BCUT2D eigenvalue weighted by atomic mass is 32.1. The number of benzene rings is 1. The average molecular weight is 525 g/mol. The fraction of sp³-hybridized carbons (Fsp3) is 0.531. The highest BCUT2D eigenvalue weighted by Crippen LogP contribution is 2.20. The lowest BCUT2D eigenvalue weighted by atomic mass is 10.1. The lowest BCUT2D eigenvalue weighted by Crippen LogP contribution is -2.09. The van der Waals surface area contributed by atoms with Crippen molar-refractivity contribution in [2.45, 2.75) is 111 Å². The molecule has 0 N–H and O–H groups in total. The molecule has 0 bridgehead atoms. The number of esters is 1. The van der Waals surface area contributed by atoms with E-state index < -0.39 is 0 Å². The van der Waals surface area contributed by atoms with E-state index in [1.54, 1.807) is 19.1 Å². The van der Waals surface area contributed by atoms with Crippen LogP contribution in [-0.2, 0) is 11.2 Å². The van der Waals surface area contributed by atoms with Gasteiger partial charge in [-0.05, 0) is 69.4 Å². The van der Waals surface area contributed by atoms with Crippen LogP contribution in [0.1, 0.15) is 110 Å². The number of aromatic nitrogens is 2. The lowest BCUT2D eigenvalue weighted by molar-refractivity contribution is -0.130. The van der Waals surface area contributed by atoms with Gasteiger partial charge in [0.15, 0.2) is 5.82 Å². The highest BCUT2D eigenvalue weighted by Gasteiger charge is 2.08. The van der Waals surface area contributed by atoms with Crippen molar-refractivity contribution in [2.24, 2.45) is 0 Å². The molecule has 0 atom stereocenters. The molecule has 4 nitrogen and oxygen atoms in total. The zero-order valence-electron chi connectivity index (χ0n) is 23.5. The van der Waals surface area contributed by atoms with Crippen molar-refractivity contribution < 1.29 is 9.53 Å². The van der Waals surface area contributed by atoms with E-state index in [1.165, 1.54) is 75.3 Å². The minimum absolute atomic E-state index is 0. The third kappa shape index (κ3) is 13.6. The first kappa shape index (κ1) is 32.6. The Morgan fingerprint density at radius 1 is 0.784 bits per heavy atom. The first-order chi connectivity index (χ1) is 17.5. The molecule has 1 heterocycles. The van der Waals surface area contributed by atoms with E-state index in [9.17, 15) is 4.79 Å². The van der Waals surface area contributed by atoms with Gasteiger partial charge in [-0.15, -0.1) is 0 Å². The summed E-state index contributed by atoms with van der Waals surface area (Å²) in [7, 11) is 0. The quantitative estimate of drug-likeness (QED) is 0.0680. The van der Waals surface area contributed by atoms with Crippen molar-refractivity contribution in [3.63, 3.8) is 0 Å². The van der Waals surface area contributed by atoms with Crippen molar-refractivity contribution in [3.8, 4) is 17.1 Å². The maximum atomic E-state index is 12.4. The van der Waals surface area contributed by atoms with Crippen LogP contribution in [0, 0.1) is 0 Å². The Labute approximate surface area is 232 Å². The van der Waals surface area contributed by atoms with E-state index in [0.717, 1.165) is 24.8 Å². The second-order valence-electron chi connectivity index (χ2n) is 9.87. The number of unbranched alkanes of at least 4 members (excludes halogenated alkanes) is 9. The molecule has 37 heavy (non-hydrogen) atoms. The maximum absolute atomic E-state index is 12.4. The molecule has 2 aromatic rings. The number of carbonyl (C=O) groups excluding carboxylic acids is 1. The number of ether oxygens (including phenoxy) is 1. The van der Waals surface area contributed by atoms with E-state index in [-0.39, 0.29) is 19.5 Å². The topological polar surface area (TPSA) is 52.1 Å². The SMILES string of the molecule is CCCCCCCCCCCc1cnc(-c2ccc(OC(=O)/C(C)=C/C=C(\C)CCCC)cc2)nc1.S. The van der Waals surface area contributed by atoms with Crippen molar-refractivity contribution in [1.29, 1.82) is 0 Å². The van der Waals surface area contributed by atoms with E-state index in [0.29, 0.717) is 17.1 Å². The van der Waals surface area contributed by atoms with E-state index in [2.05, 4.69) is 30.7 Å². The monoisotopic (exact) mass is 524 g/mol. The molecule has 204 valence electrons. The van der Waals surface area contributed by atoms with Crippen LogP contribution in [0.15, 0.2) is 60.0 Å². The number of carbonyl (C=O) groups is 1. The summed E-state index contributed by atoms with van der Waals surface area (Å²) in [6, 6.07) is 7.38. The summed E-state index contributed by atoms with van der Waals surface area (Å²) in [5.41, 5.74) is 3.95. The molecule has 0 saturated carbocycles. The summed E-state index contributed by atoms with van der Waals surface area (Å²) >= 11 is 0. The molecule has 1 aromatic heterocycles. The van der Waals surface area contributed by atoms with Crippen LogP contribution in [0.4, 0.5) is 0 Å². The van der Waals surface area contributed by atoms with Gasteiger partial charge in [0.25, 0.3) is 0 Å². The van der Waals surface area contributed by atoms with Crippen molar-refractivity contribution in [3.05, 3.63) is 65.5 Å². The molecule has 0 saturated heterocycles. The van der Waals surface area contributed by atoms with Gasteiger partial charge in [-0.2, -0.15) is 13.5 Å². The van der Waals surface area contributed by atoms with Crippen LogP contribution in [-0.4, -0.2) is 15.9 Å². The van der Waals surface area contributed by atoms with Gasteiger partial charge in [-0.25, -0.2) is 14.8 Å². The predicted molar refractivity (Wildman–Crippen MR) is 161 cm³/mol. The van der Waals surface area contributed by atoms with Gasteiger partial charge in [-0.3, -0.25) is 0 Å². The van der Waals surface area contributed by atoms with Gasteiger partial charge in [0, 0.05) is 23.5 Å². The molecule has 0 aliphatic rings. The van der Waals surface area contributed by atoms with E-state index in [1.807, 2.05) is 36.7 Å². The Hall–Kier alpha value is -2.40.